The molecular weight excluding hydrogens is 282 g/mol. The number of benzene rings is 1. The van der Waals surface area contributed by atoms with Crippen molar-refractivity contribution in [3.8, 4) is 6.07 Å². The molecule has 0 bridgehead atoms. The molecule has 1 aliphatic rings. The van der Waals surface area contributed by atoms with Crippen molar-refractivity contribution < 1.29 is 22.5 Å². The SMILES string of the molecule is CC1(C)OB(c2ccc(C#N)c(C(F)(F)F)c2)OC1(C)C. The minimum absolute atomic E-state index is 0.250. The number of nitriles is 1. The van der Waals surface area contributed by atoms with Crippen LogP contribution in [-0.2, 0) is 15.5 Å². The summed E-state index contributed by atoms with van der Waals surface area (Å²) in [6.07, 6.45) is -4.59. The lowest BCUT2D eigenvalue weighted by molar-refractivity contribution is -0.137. The fourth-order valence-corrected chi connectivity index (χ4v) is 2.02. The highest BCUT2D eigenvalue weighted by molar-refractivity contribution is 6.62. The number of rotatable bonds is 1. The van der Waals surface area contributed by atoms with Crippen LogP contribution < -0.4 is 5.46 Å². The van der Waals surface area contributed by atoms with E-state index in [0.717, 1.165) is 12.1 Å². The Morgan fingerprint density at radius 2 is 1.62 bits per heavy atom. The first-order valence-electron chi connectivity index (χ1n) is 6.45. The third-order valence-corrected chi connectivity index (χ3v) is 3.99. The van der Waals surface area contributed by atoms with Crippen molar-refractivity contribution in [3.05, 3.63) is 29.3 Å². The topological polar surface area (TPSA) is 42.2 Å². The molecular formula is C14H15BF3NO2. The fourth-order valence-electron chi connectivity index (χ4n) is 2.02. The molecule has 0 aromatic heterocycles. The molecule has 1 aliphatic heterocycles. The van der Waals surface area contributed by atoms with Crippen molar-refractivity contribution in [2.45, 2.75) is 45.1 Å². The first-order chi connectivity index (χ1) is 9.48. The zero-order valence-electron chi connectivity index (χ0n) is 12.2. The number of alkyl halides is 3. The largest absolute Gasteiger partial charge is 0.494 e. The summed E-state index contributed by atoms with van der Waals surface area (Å²) in [6, 6.07) is 5.04. The van der Waals surface area contributed by atoms with E-state index in [2.05, 4.69) is 0 Å². The van der Waals surface area contributed by atoms with E-state index in [1.807, 2.05) is 27.7 Å². The van der Waals surface area contributed by atoms with E-state index in [1.165, 1.54) is 6.07 Å². The number of hydrogen-bond acceptors (Lipinski definition) is 3. The van der Waals surface area contributed by atoms with Crippen LogP contribution in [0.25, 0.3) is 0 Å². The van der Waals surface area contributed by atoms with Crippen molar-refractivity contribution in [2.24, 2.45) is 0 Å². The molecule has 2 rings (SSSR count). The minimum atomic E-state index is -4.59. The van der Waals surface area contributed by atoms with Crippen molar-refractivity contribution in [1.82, 2.24) is 0 Å². The summed E-state index contributed by atoms with van der Waals surface area (Å²) in [7, 11) is -0.885. The second-order valence-electron chi connectivity index (χ2n) is 6.00. The van der Waals surface area contributed by atoms with Crippen molar-refractivity contribution in [2.75, 3.05) is 0 Å². The van der Waals surface area contributed by atoms with Crippen LogP contribution in [0, 0.1) is 11.3 Å². The Balaban J connectivity index is 2.42. The van der Waals surface area contributed by atoms with Crippen LogP contribution in [0.1, 0.15) is 38.8 Å². The van der Waals surface area contributed by atoms with Crippen LogP contribution >= 0.6 is 0 Å². The predicted molar refractivity (Wildman–Crippen MR) is 71.9 cm³/mol. The average Bonchev–Trinajstić information content (AvgIpc) is 2.56. The lowest BCUT2D eigenvalue weighted by atomic mass is 9.77. The van der Waals surface area contributed by atoms with E-state index < -0.39 is 35.6 Å². The van der Waals surface area contributed by atoms with Crippen LogP contribution in [0.5, 0.6) is 0 Å². The first-order valence-corrected chi connectivity index (χ1v) is 6.45. The van der Waals surface area contributed by atoms with Gasteiger partial charge in [0, 0.05) is 0 Å². The molecule has 0 aliphatic carbocycles. The lowest BCUT2D eigenvalue weighted by Gasteiger charge is -2.32. The third kappa shape index (κ3) is 2.78. The molecule has 1 aromatic rings. The van der Waals surface area contributed by atoms with Crippen molar-refractivity contribution >= 4 is 12.6 Å². The van der Waals surface area contributed by atoms with Gasteiger partial charge in [-0.3, -0.25) is 0 Å². The average molecular weight is 297 g/mol. The molecule has 1 saturated heterocycles. The van der Waals surface area contributed by atoms with Crippen molar-refractivity contribution in [1.29, 1.82) is 5.26 Å². The molecule has 0 unspecified atom stereocenters. The standard InChI is InChI=1S/C14H15BF3NO2/c1-12(2)13(3,4)21-15(20-12)10-6-5-9(8-19)11(7-10)14(16,17)18/h5-7H,1-4H3. The van der Waals surface area contributed by atoms with Gasteiger partial charge in [-0.25, -0.2) is 0 Å². The predicted octanol–water partition coefficient (Wildman–Crippen LogP) is 2.88. The maximum atomic E-state index is 13.0. The van der Waals surface area contributed by atoms with E-state index in [9.17, 15) is 13.2 Å². The molecule has 0 spiro atoms. The zero-order valence-corrected chi connectivity index (χ0v) is 12.2. The molecule has 0 N–H and O–H groups in total. The normalized spacial score (nSPS) is 20.4. The van der Waals surface area contributed by atoms with E-state index >= 15 is 0 Å². The summed E-state index contributed by atoms with van der Waals surface area (Å²) in [5.41, 5.74) is -2.41. The summed E-state index contributed by atoms with van der Waals surface area (Å²) in [5.74, 6) is 0. The van der Waals surface area contributed by atoms with Gasteiger partial charge >= 0.3 is 13.3 Å². The third-order valence-electron chi connectivity index (χ3n) is 3.99. The van der Waals surface area contributed by atoms with Crippen LogP contribution in [0.3, 0.4) is 0 Å². The van der Waals surface area contributed by atoms with Gasteiger partial charge in [0.1, 0.15) is 0 Å². The second-order valence-corrected chi connectivity index (χ2v) is 6.00. The highest BCUT2D eigenvalue weighted by atomic mass is 19.4. The van der Waals surface area contributed by atoms with Gasteiger partial charge in [-0.1, -0.05) is 6.07 Å². The molecule has 3 nitrogen and oxygen atoms in total. The Labute approximate surface area is 121 Å². The fraction of sp³-hybridized carbons (Fsp3) is 0.500. The van der Waals surface area contributed by atoms with Gasteiger partial charge in [-0.05, 0) is 45.3 Å². The summed E-state index contributed by atoms with van der Waals surface area (Å²) >= 11 is 0. The van der Waals surface area contributed by atoms with Crippen molar-refractivity contribution in [3.63, 3.8) is 0 Å². The molecule has 0 atom stereocenters. The molecule has 0 radical (unpaired) electrons. The van der Waals surface area contributed by atoms with Gasteiger partial charge in [0.2, 0.25) is 0 Å². The maximum absolute atomic E-state index is 13.0. The molecule has 1 heterocycles. The van der Waals surface area contributed by atoms with E-state index in [0.29, 0.717) is 0 Å². The molecule has 1 aromatic carbocycles. The van der Waals surface area contributed by atoms with Crippen LogP contribution in [0.2, 0.25) is 0 Å². The number of halogens is 3. The van der Waals surface area contributed by atoms with Gasteiger partial charge in [-0.15, -0.1) is 0 Å². The summed E-state index contributed by atoms with van der Waals surface area (Å²) in [5, 5.41) is 8.79. The van der Waals surface area contributed by atoms with Gasteiger partial charge < -0.3 is 9.31 Å². The molecule has 7 heteroatoms. The van der Waals surface area contributed by atoms with Crippen LogP contribution in [0.4, 0.5) is 13.2 Å². The number of hydrogen-bond donors (Lipinski definition) is 0. The summed E-state index contributed by atoms with van der Waals surface area (Å²) in [6.45, 7) is 7.28. The van der Waals surface area contributed by atoms with Gasteiger partial charge in [0.05, 0.1) is 28.4 Å². The van der Waals surface area contributed by atoms with E-state index in [4.69, 9.17) is 14.6 Å². The summed E-state index contributed by atoms with van der Waals surface area (Å²) < 4.78 is 50.4. The first kappa shape index (κ1) is 15.9. The van der Waals surface area contributed by atoms with Gasteiger partial charge in [-0.2, -0.15) is 18.4 Å². The highest BCUT2D eigenvalue weighted by Crippen LogP contribution is 2.37. The second kappa shape index (κ2) is 4.75. The molecule has 0 saturated carbocycles. The van der Waals surface area contributed by atoms with E-state index in [1.54, 1.807) is 6.07 Å². The maximum Gasteiger partial charge on any atom is 0.494 e. The van der Waals surface area contributed by atoms with Gasteiger partial charge in [0.15, 0.2) is 0 Å². The van der Waals surface area contributed by atoms with Crippen LogP contribution in [0.15, 0.2) is 18.2 Å². The number of nitrogens with zero attached hydrogens (tertiary/aromatic N) is 1. The highest BCUT2D eigenvalue weighted by Gasteiger charge is 2.52. The molecule has 21 heavy (non-hydrogen) atoms. The van der Waals surface area contributed by atoms with Crippen LogP contribution in [-0.4, -0.2) is 18.3 Å². The zero-order chi connectivity index (χ0) is 16.1. The minimum Gasteiger partial charge on any atom is -0.399 e. The van der Waals surface area contributed by atoms with Gasteiger partial charge in [0.25, 0.3) is 0 Å². The Bertz CT molecular complexity index is 589. The Kier molecular flexibility index (Phi) is 3.59. The lowest BCUT2D eigenvalue weighted by Crippen LogP contribution is -2.41. The quantitative estimate of drug-likeness (QED) is 0.749. The summed E-state index contributed by atoms with van der Waals surface area (Å²) in [4.78, 5) is 0. The monoisotopic (exact) mass is 297 g/mol. The molecule has 112 valence electrons. The molecule has 1 fully saturated rings. The Morgan fingerprint density at radius 3 is 2.05 bits per heavy atom. The Morgan fingerprint density at radius 1 is 1.10 bits per heavy atom. The Hall–Kier alpha value is -1.52. The van der Waals surface area contributed by atoms with E-state index in [-0.39, 0.29) is 5.46 Å². The smallest absolute Gasteiger partial charge is 0.399 e. The molecule has 0 amide bonds.